The van der Waals surface area contributed by atoms with E-state index >= 15 is 0 Å². The van der Waals surface area contributed by atoms with E-state index in [4.69, 9.17) is 5.26 Å². The second-order valence-electron chi connectivity index (χ2n) is 5.81. The molecule has 2 fully saturated rings. The highest BCUT2D eigenvalue weighted by molar-refractivity contribution is 5.77. The van der Waals surface area contributed by atoms with Crippen molar-refractivity contribution in [3.8, 4) is 6.07 Å². The van der Waals surface area contributed by atoms with Gasteiger partial charge >= 0.3 is 0 Å². The smallest absolute Gasteiger partial charge is 0.220 e. The topological polar surface area (TPSA) is 56.1 Å². The Morgan fingerprint density at radius 1 is 1.30 bits per heavy atom. The lowest BCUT2D eigenvalue weighted by atomic mass is 9.85. The fourth-order valence-electron chi connectivity index (χ4n) is 3.27. The zero-order chi connectivity index (χ0) is 13.9. The molecule has 0 bridgehead atoms. The van der Waals surface area contributed by atoms with Gasteiger partial charge in [-0.3, -0.25) is 9.69 Å². The molecule has 1 amide bonds. The molecule has 2 aliphatic heterocycles. The normalized spacial score (nSPS) is 26.4. The minimum absolute atomic E-state index is 0.215. The van der Waals surface area contributed by atoms with Crippen LogP contribution in [0.4, 0.5) is 0 Å². The number of benzene rings is 1. The van der Waals surface area contributed by atoms with Crippen molar-refractivity contribution >= 4 is 5.91 Å². The van der Waals surface area contributed by atoms with Crippen molar-refractivity contribution in [1.82, 2.24) is 10.2 Å². The van der Waals surface area contributed by atoms with E-state index in [1.807, 2.05) is 24.3 Å². The first-order valence-corrected chi connectivity index (χ1v) is 7.25. The maximum atomic E-state index is 11.4. The molecule has 2 saturated heterocycles. The molecule has 4 heteroatoms. The number of nitrogens with zero attached hydrogens (tertiary/aromatic N) is 2. The summed E-state index contributed by atoms with van der Waals surface area (Å²) in [5, 5.41) is 11.9. The summed E-state index contributed by atoms with van der Waals surface area (Å²) in [4.78, 5) is 13.9. The molecule has 3 rings (SSSR count). The summed E-state index contributed by atoms with van der Waals surface area (Å²) >= 11 is 0. The number of rotatable bonds is 2. The molecule has 0 spiro atoms. The number of piperidine rings is 2. The van der Waals surface area contributed by atoms with E-state index in [2.05, 4.69) is 16.3 Å². The van der Waals surface area contributed by atoms with Crippen LogP contribution in [0.3, 0.4) is 0 Å². The van der Waals surface area contributed by atoms with Gasteiger partial charge < -0.3 is 5.32 Å². The molecule has 0 saturated carbocycles. The average Bonchev–Trinajstić information content (AvgIpc) is 2.48. The van der Waals surface area contributed by atoms with Gasteiger partial charge in [-0.05, 0) is 36.5 Å². The first-order chi connectivity index (χ1) is 9.74. The van der Waals surface area contributed by atoms with Crippen LogP contribution in [0.2, 0.25) is 0 Å². The van der Waals surface area contributed by atoms with Gasteiger partial charge in [0.15, 0.2) is 0 Å². The summed E-state index contributed by atoms with van der Waals surface area (Å²) in [5.41, 5.74) is 1.96. The third kappa shape index (κ3) is 2.83. The maximum absolute atomic E-state index is 11.4. The number of carbonyl (C=O) groups excluding carboxylic acids is 1. The average molecular weight is 269 g/mol. The number of fused-ring (bicyclic) bond motifs is 1. The van der Waals surface area contributed by atoms with Gasteiger partial charge in [-0.2, -0.15) is 5.26 Å². The minimum Gasteiger partial charge on any atom is -0.353 e. The van der Waals surface area contributed by atoms with E-state index in [0.717, 1.165) is 32.5 Å². The number of nitrogens with one attached hydrogen (secondary N) is 1. The van der Waals surface area contributed by atoms with Crippen LogP contribution >= 0.6 is 0 Å². The lowest BCUT2D eigenvalue weighted by Gasteiger charge is -2.41. The molecule has 2 heterocycles. The molecule has 1 aromatic carbocycles. The Morgan fingerprint density at radius 2 is 2.10 bits per heavy atom. The molecule has 0 aromatic heterocycles. The number of likely N-dealkylation sites (tertiary alicyclic amines) is 1. The van der Waals surface area contributed by atoms with Crippen LogP contribution in [-0.4, -0.2) is 29.9 Å². The zero-order valence-corrected chi connectivity index (χ0v) is 11.5. The molecule has 20 heavy (non-hydrogen) atoms. The highest BCUT2D eigenvalue weighted by Crippen LogP contribution is 2.26. The molecule has 104 valence electrons. The van der Waals surface area contributed by atoms with E-state index < -0.39 is 0 Å². The van der Waals surface area contributed by atoms with Crippen molar-refractivity contribution in [2.45, 2.75) is 31.8 Å². The second kappa shape index (κ2) is 5.64. The second-order valence-corrected chi connectivity index (χ2v) is 5.81. The van der Waals surface area contributed by atoms with Gasteiger partial charge in [0.2, 0.25) is 5.91 Å². The van der Waals surface area contributed by atoms with Crippen molar-refractivity contribution in [3.05, 3.63) is 35.4 Å². The van der Waals surface area contributed by atoms with Gasteiger partial charge in [-0.15, -0.1) is 0 Å². The Morgan fingerprint density at radius 3 is 2.85 bits per heavy atom. The van der Waals surface area contributed by atoms with Crippen LogP contribution in [0.15, 0.2) is 24.3 Å². The van der Waals surface area contributed by atoms with Crippen LogP contribution in [0.5, 0.6) is 0 Å². The van der Waals surface area contributed by atoms with Crippen molar-refractivity contribution in [2.75, 3.05) is 13.1 Å². The number of carbonyl (C=O) groups is 1. The van der Waals surface area contributed by atoms with E-state index in [1.54, 1.807) is 0 Å². The highest BCUT2D eigenvalue weighted by atomic mass is 16.1. The summed E-state index contributed by atoms with van der Waals surface area (Å²) < 4.78 is 0. The lowest BCUT2D eigenvalue weighted by molar-refractivity contribution is -0.125. The Kier molecular flexibility index (Phi) is 3.70. The van der Waals surface area contributed by atoms with Crippen molar-refractivity contribution < 1.29 is 4.79 Å². The molecular weight excluding hydrogens is 250 g/mol. The monoisotopic (exact) mass is 269 g/mol. The Labute approximate surface area is 119 Å². The fourth-order valence-corrected chi connectivity index (χ4v) is 3.27. The van der Waals surface area contributed by atoms with Crippen LogP contribution < -0.4 is 5.32 Å². The molecule has 1 N–H and O–H groups in total. The lowest BCUT2D eigenvalue weighted by Crippen LogP contribution is -2.53. The number of hydrogen-bond acceptors (Lipinski definition) is 3. The predicted molar refractivity (Wildman–Crippen MR) is 75.7 cm³/mol. The number of amides is 1. The Balaban J connectivity index is 1.59. The van der Waals surface area contributed by atoms with Gasteiger partial charge in [-0.1, -0.05) is 12.1 Å². The van der Waals surface area contributed by atoms with E-state index in [-0.39, 0.29) is 5.91 Å². The Bertz CT molecular complexity index is 532. The Hall–Kier alpha value is -1.86. The maximum Gasteiger partial charge on any atom is 0.220 e. The van der Waals surface area contributed by atoms with Gasteiger partial charge in [0.05, 0.1) is 11.6 Å². The quantitative estimate of drug-likeness (QED) is 0.888. The van der Waals surface area contributed by atoms with Crippen LogP contribution in [0, 0.1) is 17.2 Å². The predicted octanol–water partition coefficient (Wildman–Crippen LogP) is 1.66. The third-order valence-electron chi connectivity index (χ3n) is 4.40. The summed E-state index contributed by atoms with van der Waals surface area (Å²) in [5.74, 6) is 0.812. The minimum atomic E-state index is 0.215. The van der Waals surface area contributed by atoms with Crippen LogP contribution in [-0.2, 0) is 11.3 Å². The third-order valence-corrected chi connectivity index (χ3v) is 4.40. The summed E-state index contributed by atoms with van der Waals surface area (Å²) in [6.07, 6.45) is 2.74. The SMILES string of the molecule is N#Cc1ccc(CN2CCC3NC(=O)CCC3C2)cc1. The molecule has 2 atom stereocenters. The summed E-state index contributed by atoms with van der Waals surface area (Å²) in [6, 6.07) is 10.4. The van der Waals surface area contributed by atoms with Crippen molar-refractivity contribution in [1.29, 1.82) is 5.26 Å². The van der Waals surface area contributed by atoms with Gasteiger partial charge in [-0.25, -0.2) is 0 Å². The van der Waals surface area contributed by atoms with Gasteiger partial charge in [0.25, 0.3) is 0 Å². The highest BCUT2D eigenvalue weighted by Gasteiger charge is 2.33. The van der Waals surface area contributed by atoms with Gasteiger partial charge in [0, 0.05) is 32.1 Å². The fraction of sp³-hybridized carbons (Fsp3) is 0.500. The summed E-state index contributed by atoms with van der Waals surface area (Å²) in [7, 11) is 0. The number of nitriles is 1. The van der Waals surface area contributed by atoms with E-state index in [1.165, 1.54) is 5.56 Å². The molecule has 4 nitrogen and oxygen atoms in total. The first-order valence-electron chi connectivity index (χ1n) is 7.25. The van der Waals surface area contributed by atoms with Gasteiger partial charge in [0.1, 0.15) is 0 Å². The first kappa shape index (κ1) is 13.1. The van der Waals surface area contributed by atoms with Crippen LogP contribution in [0.25, 0.3) is 0 Å². The number of hydrogen-bond donors (Lipinski definition) is 1. The van der Waals surface area contributed by atoms with Crippen LogP contribution in [0.1, 0.15) is 30.4 Å². The largest absolute Gasteiger partial charge is 0.353 e. The summed E-state index contributed by atoms with van der Waals surface area (Å²) in [6.45, 7) is 3.02. The molecule has 1 aromatic rings. The molecule has 2 unspecified atom stereocenters. The molecule has 0 aliphatic carbocycles. The molecule has 2 aliphatic rings. The zero-order valence-electron chi connectivity index (χ0n) is 11.5. The van der Waals surface area contributed by atoms with Crippen molar-refractivity contribution in [3.63, 3.8) is 0 Å². The molecular formula is C16H19N3O. The van der Waals surface area contributed by atoms with E-state index in [9.17, 15) is 4.79 Å². The molecule has 0 radical (unpaired) electrons. The standard InChI is InChI=1S/C16H19N3O/c17-9-12-1-3-13(4-2-12)10-19-8-7-15-14(11-19)5-6-16(20)18-15/h1-4,14-15H,5-8,10-11H2,(H,18,20). The van der Waals surface area contributed by atoms with E-state index in [0.29, 0.717) is 23.9 Å². The van der Waals surface area contributed by atoms with Crippen molar-refractivity contribution in [2.24, 2.45) is 5.92 Å².